The largest absolute Gasteiger partial charge is 0.348 e. The van der Waals surface area contributed by atoms with E-state index in [0.717, 1.165) is 61.7 Å². The van der Waals surface area contributed by atoms with Crippen LogP contribution in [0.3, 0.4) is 0 Å². The number of nitrogens with one attached hydrogen (secondary N) is 1. The highest BCUT2D eigenvalue weighted by molar-refractivity contribution is 5.98. The van der Waals surface area contributed by atoms with Crippen LogP contribution in [0.4, 0.5) is 8.78 Å². The van der Waals surface area contributed by atoms with E-state index in [4.69, 9.17) is 15.7 Å². The third-order valence-corrected chi connectivity index (χ3v) is 12.6. The monoisotopic (exact) mass is 653 g/mol. The number of fused-ring (bicyclic) bond motifs is 6. The van der Waals surface area contributed by atoms with Gasteiger partial charge in [0.25, 0.3) is 5.91 Å². The molecule has 2 aliphatic heterocycles. The fourth-order valence-electron chi connectivity index (χ4n) is 9.35. The van der Waals surface area contributed by atoms with Crippen LogP contribution in [0, 0.1) is 29.5 Å². The Morgan fingerprint density at radius 2 is 1.83 bits per heavy atom. The summed E-state index contributed by atoms with van der Waals surface area (Å²) in [5.41, 5.74) is 8.63. The molecule has 2 amide bonds. The average Bonchev–Trinajstić information content (AvgIpc) is 4.02. The predicted molar refractivity (Wildman–Crippen MR) is 176 cm³/mol. The summed E-state index contributed by atoms with van der Waals surface area (Å²) >= 11 is 0. The summed E-state index contributed by atoms with van der Waals surface area (Å²) in [6, 6.07) is 9.04. The molecule has 3 N–H and O–H groups in total. The Kier molecular flexibility index (Phi) is 6.11. The molecule has 4 saturated carbocycles. The Hall–Kier alpha value is -3.86. The SMILES string of the molecule is C[C@H]1NC(=O)[C@@H]2C[C@@]2(F)CC[C@@H]2C[C@@H]2Cn2c(-c3nc4cc(C(=O)N5C[C@H](N)[C@@H]6CC[C@H]5C6)cc(F)c4n3C3CC3)cc3ccc1nc32. The minimum absolute atomic E-state index is 0.0464. The van der Waals surface area contributed by atoms with E-state index >= 15 is 8.78 Å². The summed E-state index contributed by atoms with van der Waals surface area (Å²) in [4.78, 5) is 38.8. The van der Waals surface area contributed by atoms with Gasteiger partial charge in [-0.25, -0.2) is 18.7 Å². The zero-order valence-corrected chi connectivity index (χ0v) is 27.2. The minimum Gasteiger partial charge on any atom is -0.348 e. The molecule has 4 bridgehead atoms. The Morgan fingerprint density at radius 1 is 1.00 bits per heavy atom. The number of hydrogen-bond acceptors (Lipinski definition) is 5. The molecule has 0 spiro atoms. The lowest BCUT2D eigenvalue weighted by atomic mass is 9.94. The van der Waals surface area contributed by atoms with Crippen LogP contribution in [0.2, 0.25) is 0 Å². The topological polar surface area (TPSA) is 111 Å². The van der Waals surface area contributed by atoms with Gasteiger partial charge in [0.2, 0.25) is 5.91 Å². The summed E-state index contributed by atoms with van der Waals surface area (Å²) in [6.07, 6.45) is 7.25. The van der Waals surface area contributed by atoms with Crippen molar-refractivity contribution in [2.45, 2.75) is 101 Å². The van der Waals surface area contributed by atoms with Crippen molar-refractivity contribution < 1.29 is 18.4 Å². The highest BCUT2D eigenvalue weighted by Crippen LogP contribution is 2.55. The number of halogens is 2. The number of hydrogen-bond donors (Lipinski definition) is 2. The van der Waals surface area contributed by atoms with E-state index in [-0.39, 0.29) is 36.0 Å². The molecule has 4 aliphatic carbocycles. The number of alkyl halides is 1. The number of amides is 2. The first-order valence-electron chi connectivity index (χ1n) is 17.9. The van der Waals surface area contributed by atoms with E-state index in [1.807, 2.05) is 28.5 Å². The third kappa shape index (κ3) is 4.48. The second-order valence-electron chi connectivity index (χ2n) is 15.8. The maximum atomic E-state index is 16.3. The first-order valence-corrected chi connectivity index (χ1v) is 17.9. The van der Waals surface area contributed by atoms with Crippen LogP contribution in [-0.2, 0) is 11.3 Å². The zero-order valence-electron chi connectivity index (χ0n) is 27.2. The van der Waals surface area contributed by atoms with Crippen molar-refractivity contribution in [1.82, 2.24) is 29.3 Å². The molecule has 5 fully saturated rings. The molecule has 0 radical (unpaired) electrons. The molecular formula is C37H41F2N7O2. The first-order chi connectivity index (χ1) is 23.1. The van der Waals surface area contributed by atoms with Crippen molar-refractivity contribution in [2.75, 3.05) is 6.54 Å². The van der Waals surface area contributed by atoms with E-state index in [0.29, 0.717) is 71.8 Å². The second-order valence-corrected chi connectivity index (χ2v) is 15.8. The number of imidazole rings is 1. The van der Waals surface area contributed by atoms with Crippen LogP contribution in [0.15, 0.2) is 30.3 Å². The smallest absolute Gasteiger partial charge is 0.254 e. The molecule has 4 aromatic rings. The van der Waals surface area contributed by atoms with Gasteiger partial charge in [0.05, 0.1) is 28.9 Å². The molecule has 9 nitrogen and oxygen atoms in total. The Labute approximate surface area is 277 Å². The summed E-state index contributed by atoms with van der Waals surface area (Å²) in [6.45, 7) is 3.10. The van der Waals surface area contributed by atoms with Crippen LogP contribution >= 0.6 is 0 Å². The fourth-order valence-corrected chi connectivity index (χ4v) is 9.35. The molecule has 3 aromatic heterocycles. The number of piperidine rings is 1. The van der Waals surface area contributed by atoms with Crippen molar-refractivity contribution in [2.24, 2.45) is 29.4 Å². The first kappa shape index (κ1) is 29.1. The maximum absolute atomic E-state index is 16.3. The van der Waals surface area contributed by atoms with Crippen molar-refractivity contribution in [3.8, 4) is 11.5 Å². The highest BCUT2D eigenvalue weighted by atomic mass is 19.1. The highest BCUT2D eigenvalue weighted by Gasteiger charge is 2.60. The van der Waals surface area contributed by atoms with Crippen LogP contribution in [0.1, 0.15) is 92.8 Å². The normalized spacial score (nSPS) is 34.2. The molecular weight excluding hydrogens is 612 g/mol. The van der Waals surface area contributed by atoms with Crippen LogP contribution < -0.4 is 11.1 Å². The van der Waals surface area contributed by atoms with Gasteiger partial charge in [-0.1, -0.05) is 0 Å². The van der Waals surface area contributed by atoms with Gasteiger partial charge in [-0.15, -0.1) is 0 Å². The third-order valence-electron chi connectivity index (χ3n) is 12.6. The molecule has 1 aromatic carbocycles. The molecule has 8 atom stereocenters. The van der Waals surface area contributed by atoms with Gasteiger partial charge in [0.15, 0.2) is 5.82 Å². The Bertz CT molecular complexity index is 2030. The van der Waals surface area contributed by atoms with Crippen molar-refractivity contribution in [3.05, 3.63) is 47.4 Å². The molecule has 10 rings (SSSR count). The standard InChI is InChI=1S/C37H41F2N7O2/c1-18-29-7-3-21-14-31(45(33(21)42-29)16-23-10-19(23)8-9-37(39)15-26(37)35(47)41-18)34-43-30-13-22(12-27(38)32(30)46(34)24-5-6-24)36(48)44-17-28(40)20-2-4-25(44)11-20/h3,7,12-14,18-20,23-26,28H,2,4-6,8-11,15-17,40H2,1H3,(H,41,47)/t18-,19-,20-,23-,25+,26+,28+,37+/m1/s1. The average molecular weight is 654 g/mol. The molecule has 48 heavy (non-hydrogen) atoms. The molecule has 6 aliphatic rings. The molecule has 0 unspecified atom stereocenters. The number of pyridine rings is 1. The number of aromatic nitrogens is 4. The van der Waals surface area contributed by atoms with Gasteiger partial charge in [0.1, 0.15) is 22.6 Å². The Balaban J connectivity index is 1.08. The number of carbonyl (C=O) groups is 2. The van der Waals surface area contributed by atoms with Crippen molar-refractivity contribution in [1.29, 1.82) is 0 Å². The number of rotatable bonds is 3. The lowest BCUT2D eigenvalue weighted by molar-refractivity contribution is -0.124. The Morgan fingerprint density at radius 3 is 2.67 bits per heavy atom. The van der Waals surface area contributed by atoms with Crippen LogP contribution in [0.5, 0.6) is 0 Å². The van der Waals surface area contributed by atoms with Crippen LogP contribution in [-0.4, -0.2) is 60.1 Å². The molecule has 5 heterocycles. The zero-order chi connectivity index (χ0) is 32.6. The van der Waals surface area contributed by atoms with Crippen molar-refractivity contribution in [3.63, 3.8) is 0 Å². The molecule has 1 saturated heterocycles. The number of nitrogens with two attached hydrogens (primary N) is 1. The molecule has 250 valence electrons. The number of carbonyl (C=O) groups excluding carboxylic acids is 2. The van der Waals surface area contributed by atoms with Gasteiger partial charge in [0, 0.05) is 42.2 Å². The van der Waals surface area contributed by atoms with Crippen LogP contribution in [0.25, 0.3) is 33.6 Å². The lowest BCUT2D eigenvalue weighted by Crippen LogP contribution is -2.51. The maximum Gasteiger partial charge on any atom is 0.254 e. The van der Waals surface area contributed by atoms with E-state index in [1.165, 1.54) is 6.07 Å². The van der Waals surface area contributed by atoms with Gasteiger partial charge in [-0.2, -0.15) is 0 Å². The predicted octanol–water partition coefficient (Wildman–Crippen LogP) is 5.81. The fraction of sp³-hybridized carbons (Fsp3) is 0.568. The van der Waals surface area contributed by atoms with Crippen molar-refractivity contribution >= 4 is 33.9 Å². The van der Waals surface area contributed by atoms with E-state index in [1.54, 1.807) is 6.07 Å². The van der Waals surface area contributed by atoms with E-state index < -0.39 is 17.4 Å². The van der Waals surface area contributed by atoms with E-state index in [2.05, 4.69) is 16.0 Å². The quantitative estimate of drug-likeness (QED) is 0.290. The summed E-state index contributed by atoms with van der Waals surface area (Å²) < 4.78 is 36.0. The number of nitrogens with zero attached hydrogens (tertiary/aromatic N) is 5. The lowest BCUT2D eigenvalue weighted by Gasteiger charge is -2.37. The number of likely N-dealkylation sites (tertiary alicyclic amines) is 1. The number of benzene rings is 1. The summed E-state index contributed by atoms with van der Waals surface area (Å²) in [5, 5.41) is 3.96. The summed E-state index contributed by atoms with van der Waals surface area (Å²) in [7, 11) is 0. The van der Waals surface area contributed by atoms with Gasteiger partial charge < -0.3 is 25.1 Å². The van der Waals surface area contributed by atoms with Gasteiger partial charge in [-0.05, 0) is 113 Å². The molecule has 11 heteroatoms. The van der Waals surface area contributed by atoms with Gasteiger partial charge in [-0.3, -0.25) is 9.59 Å². The second kappa shape index (κ2) is 10.1. The van der Waals surface area contributed by atoms with E-state index in [9.17, 15) is 9.59 Å². The van der Waals surface area contributed by atoms with Gasteiger partial charge >= 0.3 is 0 Å². The minimum atomic E-state index is -1.40. The summed E-state index contributed by atoms with van der Waals surface area (Å²) in [5.74, 6) is 0.482.